The van der Waals surface area contributed by atoms with Gasteiger partial charge in [-0.25, -0.2) is 0 Å². The highest BCUT2D eigenvalue weighted by Crippen LogP contribution is 2.47. The van der Waals surface area contributed by atoms with Crippen LogP contribution in [0.4, 0.5) is 0 Å². The third kappa shape index (κ3) is 2.30. The van der Waals surface area contributed by atoms with E-state index in [1.165, 1.54) is 0 Å². The maximum absolute atomic E-state index is 14.1. The highest BCUT2D eigenvalue weighted by Gasteiger charge is 2.60. The molecule has 2 amide bonds. The molecular weight excluding hydrogens is 398 g/mol. The fourth-order valence-electron chi connectivity index (χ4n) is 5.77. The lowest BCUT2D eigenvalue weighted by Gasteiger charge is -2.52. The van der Waals surface area contributed by atoms with Crippen LogP contribution < -0.4 is 0 Å². The van der Waals surface area contributed by atoms with Crippen LogP contribution in [0, 0.1) is 0 Å². The number of halogens is 1. The monoisotopic (exact) mass is 419 g/mol. The fourth-order valence-corrected chi connectivity index (χ4v) is 5.98. The molecule has 2 saturated heterocycles. The maximum atomic E-state index is 14.1. The van der Waals surface area contributed by atoms with E-state index < -0.39 is 5.54 Å². The first kappa shape index (κ1) is 18.0. The van der Waals surface area contributed by atoms with Gasteiger partial charge in [-0.1, -0.05) is 41.9 Å². The molecule has 1 aromatic heterocycles. The number of piperazine rings is 1. The summed E-state index contributed by atoms with van der Waals surface area (Å²) in [6.07, 6.45) is 2.81. The second-order valence-corrected chi connectivity index (χ2v) is 9.02. The first-order valence-corrected chi connectivity index (χ1v) is 10.9. The number of hydrogen-bond donors (Lipinski definition) is 1. The third-order valence-electron chi connectivity index (χ3n) is 7.04. The van der Waals surface area contributed by atoms with Gasteiger partial charge >= 0.3 is 0 Å². The van der Waals surface area contributed by atoms with Gasteiger partial charge in [-0.2, -0.15) is 0 Å². The molecule has 2 atom stereocenters. The summed E-state index contributed by atoms with van der Waals surface area (Å²) in [5, 5.41) is 1.78. The van der Waals surface area contributed by atoms with Crippen LogP contribution in [0.5, 0.6) is 0 Å². The van der Waals surface area contributed by atoms with E-state index in [-0.39, 0.29) is 17.9 Å². The summed E-state index contributed by atoms with van der Waals surface area (Å²) < 4.78 is 0. The average Bonchev–Trinajstić information content (AvgIpc) is 3.38. The van der Waals surface area contributed by atoms with Gasteiger partial charge in [0.15, 0.2) is 5.54 Å². The summed E-state index contributed by atoms with van der Waals surface area (Å²) in [5.74, 6) is 0.121. The largest absolute Gasteiger partial charge is 0.356 e. The number of nitrogens with one attached hydrogen (secondary N) is 1. The molecule has 6 rings (SSSR count). The molecule has 0 saturated carbocycles. The van der Waals surface area contributed by atoms with Crippen LogP contribution in [0.25, 0.3) is 10.9 Å². The molecule has 3 aliphatic rings. The van der Waals surface area contributed by atoms with Gasteiger partial charge in [-0.15, -0.1) is 0 Å². The van der Waals surface area contributed by atoms with Gasteiger partial charge in [0.05, 0.1) is 5.69 Å². The molecule has 0 radical (unpaired) electrons. The molecule has 30 heavy (non-hydrogen) atoms. The number of carbonyl (C=O) groups is 2. The van der Waals surface area contributed by atoms with Crippen molar-refractivity contribution in [2.45, 2.75) is 37.3 Å². The fraction of sp³-hybridized carbons (Fsp3) is 0.333. The number of rotatable bonds is 2. The SMILES string of the molecule is O=C1[C@@H]2CCCN2C(=O)[C@]2(Cc3cccc(Cl)c3)c3[nH]c4ccccc4c3CCN12. The molecule has 3 aromatic rings. The maximum Gasteiger partial charge on any atom is 0.255 e. The van der Waals surface area contributed by atoms with Crippen molar-refractivity contribution in [1.29, 1.82) is 0 Å². The van der Waals surface area contributed by atoms with Crippen LogP contribution in [0.15, 0.2) is 48.5 Å². The summed E-state index contributed by atoms with van der Waals surface area (Å²) in [6.45, 7) is 1.21. The van der Waals surface area contributed by atoms with Crippen molar-refractivity contribution >= 4 is 34.3 Å². The summed E-state index contributed by atoms with van der Waals surface area (Å²) >= 11 is 6.27. The van der Waals surface area contributed by atoms with Gasteiger partial charge in [-0.3, -0.25) is 9.59 Å². The van der Waals surface area contributed by atoms with Crippen molar-refractivity contribution in [2.75, 3.05) is 13.1 Å². The van der Waals surface area contributed by atoms with E-state index in [2.05, 4.69) is 11.1 Å². The summed E-state index contributed by atoms with van der Waals surface area (Å²) in [7, 11) is 0. The van der Waals surface area contributed by atoms with Gasteiger partial charge in [0.25, 0.3) is 5.91 Å². The van der Waals surface area contributed by atoms with Gasteiger partial charge < -0.3 is 14.8 Å². The number of nitrogens with zero attached hydrogens (tertiary/aromatic N) is 2. The van der Waals surface area contributed by atoms with E-state index in [0.717, 1.165) is 47.0 Å². The van der Waals surface area contributed by atoms with Crippen molar-refractivity contribution in [2.24, 2.45) is 0 Å². The second kappa shape index (κ2) is 6.35. The minimum atomic E-state index is -1.05. The Morgan fingerprint density at radius 2 is 1.97 bits per heavy atom. The molecule has 0 aliphatic carbocycles. The Kier molecular flexibility index (Phi) is 3.81. The highest BCUT2D eigenvalue weighted by molar-refractivity contribution is 6.30. The molecule has 2 aromatic carbocycles. The van der Waals surface area contributed by atoms with E-state index in [1.807, 2.05) is 52.3 Å². The predicted molar refractivity (Wildman–Crippen MR) is 115 cm³/mol. The zero-order valence-electron chi connectivity index (χ0n) is 16.5. The van der Waals surface area contributed by atoms with Crippen molar-refractivity contribution in [3.05, 3.63) is 70.4 Å². The first-order valence-electron chi connectivity index (χ1n) is 10.6. The first-order chi connectivity index (χ1) is 14.6. The van der Waals surface area contributed by atoms with Crippen LogP contribution in [0.2, 0.25) is 5.02 Å². The molecule has 6 heteroatoms. The molecule has 0 bridgehead atoms. The van der Waals surface area contributed by atoms with Crippen molar-refractivity contribution in [1.82, 2.24) is 14.8 Å². The molecule has 152 valence electrons. The lowest BCUT2D eigenvalue weighted by atomic mass is 9.76. The van der Waals surface area contributed by atoms with Crippen LogP contribution >= 0.6 is 11.6 Å². The lowest BCUT2D eigenvalue weighted by Crippen LogP contribution is -2.70. The van der Waals surface area contributed by atoms with Gasteiger partial charge in [0.2, 0.25) is 5.91 Å². The quantitative estimate of drug-likeness (QED) is 0.689. The Morgan fingerprint density at radius 1 is 1.10 bits per heavy atom. The Balaban J connectivity index is 1.61. The smallest absolute Gasteiger partial charge is 0.255 e. The number of para-hydroxylation sites is 1. The van der Waals surface area contributed by atoms with E-state index >= 15 is 0 Å². The van der Waals surface area contributed by atoms with E-state index in [4.69, 9.17) is 11.6 Å². The Morgan fingerprint density at radius 3 is 2.83 bits per heavy atom. The standard InChI is InChI=1S/C24H22ClN3O2/c25-16-6-3-5-15(13-16)14-24-21-18(17-7-1-2-8-19(17)26-21)10-12-28(24)22(29)20-9-4-11-27(20)23(24)30/h1-3,5-8,13,20,26H,4,9-12,14H2/t20-,24-/m0/s1. The lowest BCUT2D eigenvalue weighted by molar-refractivity contribution is -0.171. The van der Waals surface area contributed by atoms with Crippen molar-refractivity contribution < 1.29 is 9.59 Å². The highest BCUT2D eigenvalue weighted by atomic mass is 35.5. The number of aromatic nitrogens is 1. The average molecular weight is 420 g/mol. The summed E-state index contributed by atoms with van der Waals surface area (Å²) in [6, 6.07) is 15.5. The minimum absolute atomic E-state index is 0.0390. The van der Waals surface area contributed by atoms with Crippen molar-refractivity contribution in [3.8, 4) is 0 Å². The number of amides is 2. The third-order valence-corrected chi connectivity index (χ3v) is 7.28. The van der Waals surface area contributed by atoms with Gasteiger partial charge in [0.1, 0.15) is 6.04 Å². The van der Waals surface area contributed by atoms with E-state index in [1.54, 1.807) is 0 Å². The Bertz CT molecular complexity index is 1200. The van der Waals surface area contributed by atoms with Crippen LogP contribution in [-0.2, 0) is 28.0 Å². The molecule has 0 unspecified atom stereocenters. The number of H-pyrrole nitrogens is 1. The second-order valence-electron chi connectivity index (χ2n) is 8.59. The molecule has 1 N–H and O–H groups in total. The molecule has 0 spiro atoms. The van der Waals surface area contributed by atoms with Gasteiger partial charge in [-0.05, 0) is 48.6 Å². The van der Waals surface area contributed by atoms with Gasteiger partial charge in [0, 0.05) is 35.4 Å². The zero-order chi connectivity index (χ0) is 20.5. The molecule has 3 aliphatic heterocycles. The normalized spacial score (nSPS) is 25.4. The molecule has 2 fully saturated rings. The number of benzene rings is 2. The number of aromatic amines is 1. The van der Waals surface area contributed by atoms with E-state index in [0.29, 0.717) is 24.5 Å². The van der Waals surface area contributed by atoms with Crippen LogP contribution in [0.3, 0.4) is 0 Å². The molecule has 5 nitrogen and oxygen atoms in total. The number of fused-ring (bicyclic) bond motifs is 6. The van der Waals surface area contributed by atoms with Crippen LogP contribution in [0.1, 0.15) is 29.7 Å². The Labute approximate surface area is 179 Å². The van der Waals surface area contributed by atoms with E-state index in [9.17, 15) is 9.59 Å². The predicted octanol–water partition coefficient (Wildman–Crippen LogP) is 3.65. The number of hydrogen-bond acceptors (Lipinski definition) is 2. The Hall–Kier alpha value is -2.79. The van der Waals surface area contributed by atoms with Crippen LogP contribution in [-0.4, -0.2) is 45.7 Å². The zero-order valence-corrected chi connectivity index (χ0v) is 17.3. The summed E-state index contributed by atoms with van der Waals surface area (Å²) in [5.41, 5.74) is 2.95. The topological polar surface area (TPSA) is 56.4 Å². The minimum Gasteiger partial charge on any atom is -0.356 e. The number of carbonyl (C=O) groups excluding carboxylic acids is 2. The van der Waals surface area contributed by atoms with Crippen molar-refractivity contribution in [3.63, 3.8) is 0 Å². The molecule has 4 heterocycles. The molecular formula is C24H22ClN3O2. The summed E-state index contributed by atoms with van der Waals surface area (Å²) in [4.78, 5) is 34.9.